The third-order valence-electron chi connectivity index (χ3n) is 0. The largest absolute Gasteiger partial charge is 5.00 e. The summed E-state index contributed by atoms with van der Waals surface area (Å²) in [5, 5.41) is 0. The van der Waals surface area contributed by atoms with Crippen LogP contribution in [0.3, 0.4) is 0 Å². The molecule has 0 saturated carbocycles. The van der Waals surface area contributed by atoms with E-state index in [0.717, 1.165) is 0 Å². The van der Waals surface area contributed by atoms with E-state index >= 15 is 0 Å². The van der Waals surface area contributed by atoms with Crippen molar-refractivity contribution in [2.75, 3.05) is 0 Å². The first-order valence-electron chi connectivity index (χ1n) is 2.19. The molecule has 12 nitrogen and oxygen atoms in total. The average Bonchev–Trinajstić information content (AvgIpc) is 1.41. The Morgan fingerprint density at radius 3 is 0.444 bits per heavy atom. The topological polar surface area (TPSA) is 259 Å². The first kappa shape index (κ1) is 37.2. The van der Waals surface area contributed by atoms with Gasteiger partial charge in [-0.3, -0.25) is 0 Å². The minimum absolute atomic E-state index is 0. The predicted molar refractivity (Wildman–Crippen MR) is 34.3 cm³/mol. The predicted octanol–water partition coefficient (Wildman–Crippen LogP) is -9.24. The van der Waals surface area contributed by atoms with E-state index in [1.54, 1.807) is 0 Å². The van der Waals surface area contributed by atoms with Gasteiger partial charge in [0.25, 0.3) is 0 Å². The van der Waals surface area contributed by atoms with Crippen molar-refractivity contribution in [2.45, 2.75) is 0 Å². The van der Waals surface area contributed by atoms with Crippen molar-refractivity contribution in [3.8, 4) is 0 Å². The molecule has 4 radical (unpaired) electrons. The third kappa shape index (κ3) is 777. The smallest absolute Gasteiger partial charge is 0.822 e. The van der Waals surface area contributed by atoms with Crippen molar-refractivity contribution in [3.63, 3.8) is 0 Å². The monoisotopic (exact) mass is 752 g/mol. The SMILES string of the molecule is O=P([O-])([O-])[O-].O=P([O-])([O-])[O-].O=P([O-])([O-])[O-].[Pb+2].[Pb+2].[V+5]. The van der Waals surface area contributed by atoms with Crippen LogP contribution in [0, 0.1) is 0 Å². The molecule has 18 heteroatoms. The van der Waals surface area contributed by atoms with E-state index in [1.165, 1.54) is 0 Å². The number of hydrogen-bond acceptors (Lipinski definition) is 12. The second-order valence-electron chi connectivity index (χ2n) is 1.34. The van der Waals surface area contributed by atoms with Crippen LogP contribution in [0.2, 0.25) is 0 Å². The van der Waals surface area contributed by atoms with E-state index in [1.807, 2.05) is 0 Å². The van der Waals surface area contributed by atoms with Crippen molar-refractivity contribution in [1.29, 1.82) is 0 Å². The summed E-state index contributed by atoms with van der Waals surface area (Å²) in [5.41, 5.74) is 0. The van der Waals surface area contributed by atoms with Crippen molar-refractivity contribution in [1.82, 2.24) is 0 Å². The molecule has 0 aliphatic rings. The maximum absolute atomic E-state index is 8.55. The molecule has 0 aromatic heterocycles. The van der Waals surface area contributed by atoms with Crippen LogP contribution in [0.5, 0.6) is 0 Å². The Labute approximate surface area is 153 Å². The minimum atomic E-state index is -5.39. The zero-order valence-corrected chi connectivity index (χ0v) is 19.5. The normalized spacial score (nSPS) is 9.83. The fourth-order valence-corrected chi connectivity index (χ4v) is 0. The molecular weight excluding hydrogens is 750 g/mol. The Hall–Kier alpha value is 2.76. The Morgan fingerprint density at radius 2 is 0.444 bits per heavy atom. The van der Waals surface area contributed by atoms with Gasteiger partial charge in [0.15, 0.2) is 0 Å². The average molecular weight is 750 g/mol. The van der Waals surface area contributed by atoms with Gasteiger partial charge in [0.1, 0.15) is 0 Å². The summed E-state index contributed by atoms with van der Waals surface area (Å²) in [6.45, 7) is 0. The summed E-state index contributed by atoms with van der Waals surface area (Å²) in [6.07, 6.45) is 0. The number of phosphoric acid groups is 3. The van der Waals surface area contributed by atoms with Crippen LogP contribution in [-0.2, 0) is 32.3 Å². The first-order chi connectivity index (χ1) is 6.00. The minimum Gasteiger partial charge on any atom is -0.822 e. The fraction of sp³-hybridized carbons (Fsp3) is 0. The summed E-state index contributed by atoms with van der Waals surface area (Å²) in [6, 6.07) is 0. The molecule has 0 aromatic carbocycles. The molecule has 0 spiro atoms. The summed E-state index contributed by atoms with van der Waals surface area (Å²) < 4.78 is 25.6. The zero-order valence-electron chi connectivity index (χ0n) is 7.69. The maximum Gasteiger partial charge on any atom is 5.00 e. The van der Waals surface area contributed by atoms with Gasteiger partial charge in [0, 0.05) is 0 Å². The molecule has 0 heterocycles. The molecule has 0 rings (SSSR count). The molecule has 100 valence electrons. The summed E-state index contributed by atoms with van der Waals surface area (Å²) in [4.78, 5) is 76.9. The molecule has 0 saturated heterocycles. The van der Waals surface area contributed by atoms with E-state index in [0.29, 0.717) is 0 Å². The van der Waals surface area contributed by atoms with Crippen molar-refractivity contribution >= 4 is 78.1 Å². The third-order valence-corrected chi connectivity index (χ3v) is 0. The van der Waals surface area contributed by atoms with E-state index in [9.17, 15) is 0 Å². The zero-order chi connectivity index (χ0) is 13.5. The van der Waals surface area contributed by atoms with Crippen LogP contribution in [0.15, 0.2) is 0 Å². The Bertz CT molecular complexity index is 211. The van der Waals surface area contributed by atoms with Crippen molar-refractivity contribution < 1.29 is 76.3 Å². The summed E-state index contributed by atoms with van der Waals surface area (Å²) in [7, 11) is -16.2. The molecule has 0 bridgehead atoms. The van der Waals surface area contributed by atoms with Gasteiger partial charge in [-0.2, -0.15) is 23.5 Å². The molecule has 0 aliphatic carbocycles. The molecule has 0 atom stereocenters. The molecule has 0 unspecified atom stereocenters. The van der Waals surface area contributed by atoms with Gasteiger partial charge in [-0.25, -0.2) is 0 Å². The van der Waals surface area contributed by atoms with Crippen LogP contribution in [0.25, 0.3) is 0 Å². The maximum atomic E-state index is 8.55. The van der Waals surface area contributed by atoms with Crippen LogP contribution in [0.1, 0.15) is 0 Å². The van der Waals surface area contributed by atoms with Gasteiger partial charge < -0.3 is 57.7 Å². The van der Waals surface area contributed by atoms with Gasteiger partial charge in [-0.15, -0.1) is 0 Å². The van der Waals surface area contributed by atoms with Crippen LogP contribution in [-0.4, -0.2) is 54.6 Å². The molecular formula is O12P3Pb2V. The van der Waals surface area contributed by atoms with Crippen LogP contribution in [0.4, 0.5) is 0 Å². The van der Waals surface area contributed by atoms with E-state index in [-0.39, 0.29) is 73.2 Å². The van der Waals surface area contributed by atoms with Gasteiger partial charge in [-0.05, 0) is 0 Å². The molecule has 0 aliphatic heterocycles. The van der Waals surface area contributed by atoms with Gasteiger partial charge in [-0.1, -0.05) is 0 Å². The molecule has 0 aromatic rings. The Balaban J connectivity index is -0.0000000277. The van der Waals surface area contributed by atoms with E-state index < -0.39 is 23.5 Å². The Kier molecular flexibility index (Phi) is 33.4. The standard InChI is InChI=1S/3H3O4P.2Pb.V/c3*1-5(2,3)4;;;/h3*(H3,1,2,3,4);;;/q;;;2*+2;+5/p-9. The van der Waals surface area contributed by atoms with Crippen LogP contribution < -0.4 is 44.0 Å². The molecule has 0 amide bonds. The number of rotatable bonds is 0. The quantitative estimate of drug-likeness (QED) is 0.165. The van der Waals surface area contributed by atoms with Gasteiger partial charge in [0.05, 0.1) is 0 Å². The fourth-order valence-electron chi connectivity index (χ4n) is 0. The molecule has 18 heavy (non-hydrogen) atoms. The van der Waals surface area contributed by atoms with Gasteiger partial charge in [0.2, 0.25) is 0 Å². The van der Waals surface area contributed by atoms with Crippen LogP contribution >= 0.6 is 23.5 Å². The second-order valence-corrected chi connectivity index (χ2v) is 4.02. The van der Waals surface area contributed by atoms with Crippen molar-refractivity contribution in [3.05, 3.63) is 0 Å². The van der Waals surface area contributed by atoms with Gasteiger partial charge >= 0.3 is 73.2 Å². The van der Waals surface area contributed by atoms with Crippen molar-refractivity contribution in [2.24, 2.45) is 0 Å². The number of hydrogen-bond donors (Lipinski definition) is 0. The summed E-state index contributed by atoms with van der Waals surface area (Å²) >= 11 is 0. The first-order valence-corrected chi connectivity index (χ1v) is 6.57. The Morgan fingerprint density at radius 1 is 0.444 bits per heavy atom. The van der Waals surface area contributed by atoms with E-state index in [4.69, 9.17) is 57.7 Å². The molecule has 0 fully saturated rings. The second kappa shape index (κ2) is 16.1. The summed E-state index contributed by atoms with van der Waals surface area (Å²) in [5.74, 6) is 0. The van der Waals surface area contributed by atoms with E-state index in [2.05, 4.69) is 0 Å². The molecule has 0 N–H and O–H groups in total.